The number of carbonyl (C=O) groups excluding carboxylic acids is 1. The molecule has 1 amide bonds. The second-order valence-corrected chi connectivity index (χ2v) is 19.2. The third kappa shape index (κ3) is 44.3. The molecule has 0 saturated carbocycles. The lowest BCUT2D eigenvalue weighted by molar-refractivity contribution is -0.870. The van der Waals surface area contributed by atoms with Crippen molar-refractivity contribution in [2.45, 2.75) is 225 Å². The number of aliphatic hydroxyl groups is 1. The van der Waals surface area contributed by atoms with Crippen LogP contribution in [0.3, 0.4) is 0 Å². The molecule has 0 aliphatic heterocycles. The largest absolute Gasteiger partial charge is 0.756 e. The highest BCUT2D eigenvalue weighted by atomic mass is 31.2. The summed E-state index contributed by atoms with van der Waals surface area (Å²) in [5.41, 5.74) is 0. The maximum atomic E-state index is 12.8. The zero-order valence-corrected chi connectivity index (χ0v) is 40.1. The Kier molecular flexibility index (Phi) is 40.7. The molecule has 0 aromatic heterocycles. The number of quaternary nitrogens is 1. The predicted molar refractivity (Wildman–Crippen MR) is 251 cm³/mol. The van der Waals surface area contributed by atoms with Crippen molar-refractivity contribution in [2.24, 2.45) is 0 Å². The summed E-state index contributed by atoms with van der Waals surface area (Å²) in [4.78, 5) is 25.2. The summed E-state index contributed by atoms with van der Waals surface area (Å²) in [6.45, 7) is 4.38. The molecular formula is C50H95N2O6P. The molecule has 0 aliphatic rings. The molecule has 0 aliphatic carbocycles. The molecule has 9 heteroatoms. The van der Waals surface area contributed by atoms with E-state index in [4.69, 9.17) is 9.05 Å². The molecule has 8 nitrogen and oxygen atoms in total. The molecule has 0 heterocycles. The Bertz CT molecular complexity index is 1100. The van der Waals surface area contributed by atoms with E-state index in [1.165, 1.54) is 148 Å². The molecule has 3 atom stereocenters. The van der Waals surface area contributed by atoms with Crippen LogP contribution in [0.2, 0.25) is 0 Å². The Hall–Kier alpha value is -1.54. The van der Waals surface area contributed by atoms with E-state index in [0.29, 0.717) is 17.4 Å². The van der Waals surface area contributed by atoms with Crippen molar-refractivity contribution in [1.29, 1.82) is 0 Å². The van der Waals surface area contributed by atoms with E-state index in [-0.39, 0.29) is 12.5 Å². The molecule has 0 rings (SSSR count). The number of allylic oxidation sites excluding steroid dienone is 7. The van der Waals surface area contributed by atoms with Crippen LogP contribution in [0.25, 0.3) is 0 Å². The highest BCUT2D eigenvalue weighted by Crippen LogP contribution is 2.38. The number of phosphoric acid groups is 1. The highest BCUT2D eigenvalue weighted by molar-refractivity contribution is 7.45. The summed E-state index contributed by atoms with van der Waals surface area (Å²) < 4.78 is 23.1. The lowest BCUT2D eigenvalue weighted by Gasteiger charge is -2.29. The van der Waals surface area contributed by atoms with Crippen molar-refractivity contribution < 1.29 is 32.9 Å². The van der Waals surface area contributed by atoms with Gasteiger partial charge in [0.15, 0.2) is 0 Å². The summed E-state index contributed by atoms with van der Waals surface area (Å²) in [5.74, 6) is -0.215. The Morgan fingerprint density at radius 3 is 1.47 bits per heavy atom. The lowest BCUT2D eigenvalue weighted by Crippen LogP contribution is -2.45. The monoisotopic (exact) mass is 851 g/mol. The third-order valence-corrected chi connectivity index (χ3v) is 11.8. The number of carbonyl (C=O) groups is 1. The molecule has 3 unspecified atom stereocenters. The Morgan fingerprint density at radius 2 is 1.02 bits per heavy atom. The van der Waals surface area contributed by atoms with Crippen molar-refractivity contribution in [3.63, 3.8) is 0 Å². The molecule has 346 valence electrons. The molecule has 2 N–H and O–H groups in total. The van der Waals surface area contributed by atoms with Crippen LogP contribution in [-0.2, 0) is 18.4 Å². The number of likely N-dealkylation sites (N-methyl/N-ethyl adjacent to an activating group) is 1. The molecule has 0 aromatic carbocycles. The summed E-state index contributed by atoms with van der Waals surface area (Å²) in [6, 6.07) is -0.907. The number of hydrogen-bond acceptors (Lipinski definition) is 6. The summed E-state index contributed by atoms with van der Waals surface area (Å²) in [5, 5.41) is 13.7. The van der Waals surface area contributed by atoms with Crippen LogP contribution in [0.5, 0.6) is 0 Å². The van der Waals surface area contributed by atoms with Gasteiger partial charge in [-0.2, -0.15) is 0 Å². The van der Waals surface area contributed by atoms with Gasteiger partial charge in [0.2, 0.25) is 5.91 Å². The molecule has 0 aromatic rings. The summed E-state index contributed by atoms with van der Waals surface area (Å²) >= 11 is 0. The van der Waals surface area contributed by atoms with Gasteiger partial charge in [0, 0.05) is 6.42 Å². The van der Waals surface area contributed by atoms with E-state index < -0.39 is 26.6 Å². The fraction of sp³-hybridized carbons (Fsp3) is 0.820. The first-order valence-corrected chi connectivity index (χ1v) is 25.9. The van der Waals surface area contributed by atoms with Crippen LogP contribution in [0.15, 0.2) is 48.6 Å². The molecular weight excluding hydrogens is 756 g/mol. The van der Waals surface area contributed by atoms with Gasteiger partial charge in [-0.1, -0.05) is 190 Å². The molecule has 0 spiro atoms. The Morgan fingerprint density at radius 1 is 0.610 bits per heavy atom. The molecule has 0 bridgehead atoms. The SMILES string of the molecule is C/C=C/CC/C=C/CC/C=C/C(O)C(COP(=O)([O-])OCC[N+](C)(C)C)NC(=O)CCCCCCCCCCCCCC/C=C\CCCCCCCCCCCCCC. The Balaban J connectivity index is 4.06. The zero-order chi connectivity index (χ0) is 43.6. The minimum absolute atomic E-state index is 0.0101. The normalized spacial score (nSPS) is 14.6. The van der Waals surface area contributed by atoms with Crippen LogP contribution in [0.1, 0.15) is 213 Å². The van der Waals surface area contributed by atoms with Gasteiger partial charge in [0.1, 0.15) is 13.2 Å². The van der Waals surface area contributed by atoms with Crippen LogP contribution < -0.4 is 10.2 Å². The van der Waals surface area contributed by atoms with Crippen LogP contribution in [0, 0.1) is 0 Å². The number of unbranched alkanes of at least 4 members (excludes halogenated alkanes) is 26. The summed E-state index contributed by atoms with van der Waals surface area (Å²) in [6.07, 6.45) is 53.6. The second kappa shape index (κ2) is 41.8. The van der Waals surface area contributed by atoms with Gasteiger partial charge in [0.05, 0.1) is 39.9 Å². The first kappa shape index (κ1) is 57.5. The van der Waals surface area contributed by atoms with Crippen molar-refractivity contribution in [3.05, 3.63) is 48.6 Å². The van der Waals surface area contributed by atoms with E-state index >= 15 is 0 Å². The van der Waals surface area contributed by atoms with Gasteiger partial charge in [0.25, 0.3) is 7.82 Å². The van der Waals surface area contributed by atoms with Crippen LogP contribution in [-0.4, -0.2) is 68.5 Å². The van der Waals surface area contributed by atoms with E-state index in [1.54, 1.807) is 6.08 Å². The number of nitrogens with one attached hydrogen (secondary N) is 1. The Labute approximate surface area is 365 Å². The van der Waals surface area contributed by atoms with Crippen molar-refractivity contribution in [2.75, 3.05) is 40.9 Å². The van der Waals surface area contributed by atoms with Gasteiger partial charge in [-0.05, 0) is 64.7 Å². The first-order chi connectivity index (χ1) is 28.5. The van der Waals surface area contributed by atoms with Crippen molar-refractivity contribution >= 4 is 13.7 Å². The topological polar surface area (TPSA) is 108 Å². The third-order valence-electron chi connectivity index (χ3n) is 10.8. The highest BCUT2D eigenvalue weighted by Gasteiger charge is 2.23. The fourth-order valence-electron chi connectivity index (χ4n) is 6.95. The zero-order valence-electron chi connectivity index (χ0n) is 39.2. The average Bonchev–Trinajstić information content (AvgIpc) is 3.19. The van der Waals surface area contributed by atoms with E-state index in [9.17, 15) is 19.4 Å². The second-order valence-electron chi connectivity index (χ2n) is 17.8. The number of rotatable bonds is 44. The average molecular weight is 851 g/mol. The van der Waals surface area contributed by atoms with Crippen molar-refractivity contribution in [1.82, 2.24) is 5.32 Å². The minimum atomic E-state index is -4.59. The molecule has 59 heavy (non-hydrogen) atoms. The quantitative estimate of drug-likeness (QED) is 0.0274. The van der Waals surface area contributed by atoms with E-state index in [2.05, 4.69) is 42.6 Å². The molecule has 0 radical (unpaired) electrons. The van der Waals surface area contributed by atoms with E-state index in [1.807, 2.05) is 40.2 Å². The van der Waals surface area contributed by atoms with Gasteiger partial charge >= 0.3 is 0 Å². The fourth-order valence-corrected chi connectivity index (χ4v) is 7.67. The minimum Gasteiger partial charge on any atom is -0.756 e. The number of phosphoric ester groups is 1. The predicted octanol–water partition coefficient (Wildman–Crippen LogP) is 13.4. The number of aliphatic hydroxyl groups excluding tert-OH is 1. The smallest absolute Gasteiger partial charge is 0.268 e. The van der Waals surface area contributed by atoms with Gasteiger partial charge < -0.3 is 28.8 Å². The standard InChI is InChI=1S/C50H95N2O6P/c1-6-8-10-12-14-16-17-18-19-20-21-22-23-24-25-26-27-28-29-30-31-32-33-34-36-38-40-42-44-50(54)51-48(47-58-59(55,56)57-46-45-52(3,4)5)49(53)43-41-39-37-35-15-13-11-9-7-2/h7,9,15,24-25,35,41,43,48-49,53H,6,8,10-14,16-23,26-34,36-40,42,44-47H2,1-5H3,(H-,51,54,55,56)/b9-7+,25-24-,35-15+,43-41+. The maximum absolute atomic E-state index is 12.8. The number of amides is 1. The first-order valence-electron chi connectivity index (χ1n) is 24.5. The van der Waals surface area contributed by atoms with Gasteiger partial charge in [-0.3, -0.25) is 9.36 Å². The molecule has 0 fully saturated rings. The van der Waals surface area contributed by atoms with Gasteiger partial charge in [-0.15, -0.1) is 0 Å². The number of nitrogens with zero attached hydrogens (tertiary/aromatic N) is 1. The molecule has 0 saturated heterocycles. The van der Waals surface area contributed by atoms with E-state index in [0.717, 1.165) is 44.9 Å². The van der Waals surface area contributed by atoms with Crippen LogP contribution in [0.4, 0.5) is 0 Å². The lowest BCUT2D eigenvalue weighted by atomic mass is 10.0. The van der Waals surface area contributed by atoms with Crippen molar-refractivity contribution in [3.8, 4) is 0 Å². The summed E-state index contributed by atoms with van der Waals surface area (Å²) in [7, 11) is 1.23. The van der Waals surface area contributed by atoms with Crippen LogP contribution >= 0.6 is 7.82 Å². The van der Waals surface area contributed by atoms with Gasteiger partial charge in [-0.25, -0.2) is 0 Å². The maximum Gasteiger partial charge on any atom is 0.268 e. The number of hydrogen-bond donors (Lipinski definition) is 2.